The molecule has 0 saturated heterocycles. The van der Waals surface area contributed by atoms with Crippen molar-refractivity contribution in [3.63, 3.8) is 0 Å². The van der Waals surface area contributed by atoms with Gasteiger partial charge in [-0.05, 0) is 6.92 Å². The number of aromatic nitrogens is 1. The van der Waals surface area contributed by atoms with Crippen molar-refractivity contribution in [3.05, 3.63) is 22.5 Å². The molecule has 1 heterocycles. The van der Waals surface area contributed by atoms with Gasteiger partial charge < -0.3 is 9.84 Å². The molecule has 4 heteroatoms. The molecule has 0 unspecified atom stereocenters. The maximum atomic E-state index is 8.87. The molecule has 0 amide bonds. The van der Waals surface area contributed by atoms with Crippen LogP contribution in [0.15, 0.2) is 6.20 Å². The third-order valence-electron chi connectivity index (χ3n) is 1.68. The van der Waals surface area contributed by atoms with Gasteiger partial charge in [-0.1, -0.05) is 11.6 Å². The lowest BCUT2D eigenvalue weighted by molar-refractivity contribution is 0.274. The van der Waals surface area contributed by atoms with Gasteiger partial charge in [0.25, 0.3) is 0 Å². The Labute approximate surface area is 76.0 Å². The normalized spacial score (nSPS) is 10.0. The van der Waals surface area contributed by atoms with Gasteiger partial charge in [-0.15, -0.1) is 0 Å². The second kappa shape index (κ2) is 3.74. The van der Waals surface area contributed by atoms with Gasteiger partial charge in [-0.3, -0.25) is 4.98 Å². The van der Waals surface area contributed by atoms with Gasteiger partial charge in [-0.25, -0.2) is 0 Å². The Morgan fingerprint density at radius 1 is 1.67 bits per heavy atom. The summed E-state index contributed by atoms with van der Waals surface area (Å²) in [7, 11) is 1.54. The van der Waals surface area contributed by atoms with Crippen molar-refractivity contribution in [2.45, 2.75) is 13.5 Å². The Hall–Kier alpha value is -0.800. The first-order valence-electron chi connectivity index (χ1n) is 3.49. The predicted octanol–water partition coefficient (Wildman–Crippen LogP) is 1.54. The summed E-state index contributed by atoms with van der Waals surface area (Å²) < 4.78 is 5.04. The van der Waals surface area contributed by atoms with Crippen molar-refractivity contribution >= 4 is 11.6 Å². The lowest BCUT2D eigenvalue weighted by Crippen LogP contribution is -1.97. The fourth-order valence-electron chi connectivity index (χ4n) is 1.01. The number of aliphatic hydroxyl groups excluding tert-OH is 1. The average molecular weight is 188 g/mol. The predicted molar refractivity (Wildman–Crippen MR) is 46.5 cm³/mol. The topological polar surface area (TPSA) is 42.4 Å². The van der Waals surface area contributed by atoms with Crippen LogP contribution in [0.3, 0.4) is 0 Å². The highest BCUT2D eigenvalue weighted by molar-refractivity contribution is 6.32. The minimum atomic E-state index is -0.0979. The minimum absolute atomic E-state index is 0.0979. The van der Waals surface area contributed by atoms with E-state index in [2.05, 4.69) is 4.98 Å². The molecule has 12 heavy (non-hydrogen) atoms. The summed E-state index contributed by atoms with van der Waals surface area (Å²) in [5.74, 6) is 0.579. The zero-order valence-electron chi connectivity index (χ0n) is 6.97. The molecule has 3 nitrogen and oxygen atoms in total. The van der Waals surface area contributed by atoms with E-state index in [1.165, 1.54) is 13.3 Å². The number of ether oxygens (including phenoxy) is 1. The summed E-state index contributed by atoms with van der Waals surface area (Å²) in [5, 5.41) is 9.33. The average Bonchev–Trinajstić information content (AvgIpc) is 2.06. The Bertz CT molecular complexity index is 289. The van der Waals surface area contributed by atoms with Crippen molar-refractivity contribution in [1.82, 2.24) is 4.98 Å². The lowest BCUT2D eigenvalue weighted by Gasteiger charge is -2.08. The molecule has 1 rings (SSSR count). The van der Waals surface area contributed by atoms with Crippen LogP contribution in [0, 0.1) is 6.92 Å². The van der Waals surface area contributed by atoms with E-state index in [1.807, 2.05) is 6.92 Å². The molecule has 0 saturated carbocycles. The molecule has 0 atom stereocenters. The van der Waals surface area contributed by atoms with Gasteiger partial charge in [0.1, 0.15) is 10.8 Å². The second-order valence-electron chi connectivity index (χ2n) is 2.37. The number of aliphatic hydroxyl groups is 1. The summed E-state index contributed by atoms with van der Waals surface area (Å²) in [6.45, 7) is 1.71. The molecule has 0 spiro atoms. The van der Waals surface area contributed by atoms with Gasteiger partial charge in [0.15, 0.2) is 0 Å². The summed E-state index contributed by atoms with van der Waals surface area (Å²) >= 11 is 5.79. The number of hydrogen-bond acceptors (Lipinski definition) is 3. The van der Waals surface area contributed by atoms with Crippen LogP contribution in [0.2, 0.25) is 5.02 Å². The smallest absolute Gasteiger partial charge is 0.143 e. The van der Waals surface area contributed by atoms with E-state index in [4.69, 9.17) is 21.4 Å². The van der Waals surface area contributed by atoms with Crippen LogP contribution in [-0.4, -0.2) is 17.2 Å². The number of pyridine rings is 1. The van der Waals surface area contributed by atoms with E-state index in [9.17, 15) is 0 Å². The molecule has 0 bridgehead atoms. The molecular weight excluding hydrogens is 178 g/mol. The van der Waals surface area contributed by atoms with E-state index >= 15 is 0 Å². The van der Waals surface area contributed by atoms with Crippen molar-refractivity contribution in [2.24, 2.45) is 0 Å². The van der Waals surface area contributed by atoms with Crippen LogP contribution >= 0.6 is 11.6 Å². The monoisotopic (exact) mass is 187 g/mol. The summed E-state index contributed by atoms with van der Waals surface area (Å²) in [5.41, 5.74) is 1.38. The van der Waals surface area contributed by atoms with Crippen LogP contribution in [-0.2, 0) is 6.61 Å². The van der Waals surface area contributed by atoms with Crippen LogP contribution in [0.1, 0.15) is 11.3 Å². The summed E-state index contributed by atoms with van der Waals surface area (Å²) in [6, 6.07) is 0. The van der Waals surface area contributed by atoms with Crippen LogP contribution < -0.4 is 4.74 Å². The molecule has 0 aromatic carbocycles. The van der Waals surface area contributed by atoms with Gasteiger partial charge in [0.05, 0.1) is 19.4 Å². The van der Waals surface area contributed by atoms with Gasteiger partial charge in [0, 0.05) is 11.8 Å². The molecular formula is C8H10ClNO2. The highest BCUT2D eigenvalue weighted by Crippen LogP contribution is 2.28. The standard InChI is InChI=1S/C8H10ClNO2/c1-5-7(4-11)10-3-6(9)8(5)12-2/h3,11H,4H2,1-2H3. The van der Waals surface area contributed by atoms with Gasteiger partial charge in [0.2, 0.25) is 0 Å². The molecule has 1 aromatic rings. The van der Waals surface area contributed by atoms with Crippen molar-refractivity contribution < 1.29 is 9.84 Å². The van der Waals surface area contributed by atoms with E-state index < -0.39 is 0 Å². The first-order valence-corrected chi connectivity index (χ1v) is 3.87. The quantitative estimate of drug-likeness (QED) is 0.764. The van der Waals surface area contributed by atoms with Gasteiger partial charge >= 0.3 is 0 Å². The number of rotatable bonds is 2. The van der Waals surface area contributed by atoms with E-state index in [0.717, 1.165) is 5.56 Å². The highest BCUT2D eigenvalue weighted by Gasteiger charge is 2.08. The molecule has 0 fully saturated rings. The molecule has 0 aliphatic rings. The van der Waals surface area contributed by atoms with E-state index in [1.54, 1.807) is 0 Å². The number of halogens is 1. The first-order chi connectivity index (χ1) is 5.70. The van der Waals surface area contributed by atoms with Crippen molar-refractivity contribution in [2.75, 3.05) is 7.11 Å². The van der Waals surface area contributed by atoms with E-state index in [-0.39, 0.29) is 6.61 Å². The van der Waals surface area contributed by atoms with Crippen LogP contribution in [0.4, 0.5) is 0 Å². The van der Waals surface area contributed by atoms with E-state index in [0.29, 0.717) is 16.5 Å². The Balaban J connectivity index is 3.24. The molecule has 1 aromatic heterocycles. The Morgan fingerprint density at radius 3 is 2.83 bits per heavy atom. The lowest BCUT2D eigenvalue weighted by atomic mass is 10.2. The minimum Gasteiger partial charge on any atom is -0.495 e. The van der Waals surface area contributed by atoms with Crippen molar-refractivity contribution in [3.8, 4) is 5.75 Å². The second-order valence-corrected chi connectivity index (χ2v) is 2.78. The number of hydrogen-bond donors (Lipinski definition) is 1. The SMILES string of the molecule is COc1c(Cl)cnc(CO)c1C. The van der Waals surface area contributed by atoms with Crippen LogP contribution in [0.25, 0.3) is 0 Å². The Morgan fingerprint density at radius 2 is 2.33 bits per heavy atom. The maximum Gasteiger partial charge on any atom is 0.143 e. The van der Waals surface area contributed by atoms with Gasteiger partial charge in [-0.2, -0.15) is 0 Å². The Kier molecular flexibility index (Phi) is 2.89. The molecule has 66 valence electrons. The summed E-state index contributed by atoms with van der Waals surface area (Å²) in [6.07, 6.45) is 1.47. The highest BCUT2D eigenvalue weighted by atomic mass is 35.5. The van der Waals surface area contributed by atoms with Crippen molar-refractivity contribution in [1.29, 1.82) is 0 Å². The fraction of sp³-hybridized carbons (Fsp3) is 0.375. The summed E-state index contributed by atoms with van der Waals surface area (Å²) in [4.78, 5) is 3.94. The molecule has 1 N–H and O–H groups in total. The van der Waals surface area contributed by atoms with Crippen LogP contribution in [0.5, 0.6) is 5.75 Å². The fourth-order valence-corrected chi connectivity index (χ4v) is 1.28. The third kappa shape index (κ3) is 1.52. The zero-order chi connectivity index (χ0) is 9.14. The molecule has 0 radical (unpaired) electrons. The number of nitrogens with zero attached hydrogens (tertiary/aromatic N) is 1. The number of methoxy groups -OCH3 is 1. The molecule has 0 aliphatic carbocycles. The maximum absolute atomic E-state index is 8.87. The largest absolute Gasteiger partial charge is 0.495 e. The molecule has 0 aliphatic heterocycles. The first kappa shape index (κ1) is 9.29. The zero-order valence-corrected chi connectivity index (χ0v) is 7.72. The third-order valence-corrected chi connectivity index (χ3v) is 1.95.